The summed E-state index contributed by atoms with van der Waals surface area (Å²) in [6, 6.07) is 140. The SMILES string of the molecule is CC(C)(C)c1cc(-c2cc3c4c(c2)N(c2c(-c5ccccc5)cc(C(C)(C)C)cc2-c2ccccc2)c2cc(-n5c6ccccc6c6ccccc65)ccc2B4c2ccc(-n4c5ccccc5c5cc(N(c6ccccc6)c6ccccc6)ccc54)cc2N3c2cc(-c3ccccc3)cc(-c3ccccc3)c2)cc(C(C)(C)C)c1. The van der Waals surface area contributed by atoms with Crippen LogP contribution in [0.2, 0.25) is 0 Å². The van der Waals surface area contributed by atoms with Crippen LogP contribution in [0.25, 0.3) is 111 Å². The molecule has 6 heteroatoms. The van der Waals surface area contributed by atoms with Crippen LogP contribution in [0.4, 0.5) is 51.2 Å². The molecule has 0 saturated carbocycles. The van der Waals surface area contributed by atoms with Gasteiger partial charge in [-0.2, -0.15) is 0 Å². The number of rotatable bonds is 12. The summed E-state index contributed by atoms with van der Waals surface area (Å²) in [4.78, 5) is 7.78. The second-order valence-corrected chi connectivity index (χ2v) is 34.2. The van der Waals surface area contributed by atoms with Crippen molar-refractivity contribution in [3.05, 3.63) is 387 Å². The van der Waals surface area contributed by atoms with Crippen LogP contribution < -0.4 is 31.1 Å². The molecule has 0 atom stereocenters. The van der Waals surface area contributed by atoms with E-state index in [9.17, 15) is 0 Å². The Hall–Kier alpha value is -13.4. The molecule has 0 unspecified atom stereocenters. The first-order valence-electron chi connectivity index (χ1n) is 40.2. The molecule has 5 nitrogen and oxygen atoms in total. The second kappa shape index (κ2) is 27.2. The van der Waals surface area contributed by atoms with E-state index in [1.165, 1.54) is 60.2 Å². The number of benzene rings is 16. The van der Waals surface area contributed by atoms with Crippen molar-refractivity contribution >= 4 is 118 Å². The van der Waals surface area contributed by atoms with Crippen LogP contribution in [-0.2, 0) is 16.2 Å². The number of anilines is 9. The number of hydrogen-bond acceptors (Lipinski definition) is 3. The van der Waals surface area contributed by atoms with Gasteiger partial charge in [-0.15, -0.1) is 0 Å². The van der Waals surface area contributed by atoms with Gasteiger partial charge >= 0.3 is 0 Å². The van der Waals surface area contributed by atoms with E-state index < -0.39 is 0 Å². The van der Waals surface area contributed by atoms with Gasteiger partial charge in [-0.3, -0.25) is 0 Å². The van der Waals surface area contributed by atoms with Gasteiger partial charge in [0.15, 0.2) is 0 Å². The lowest BCUT2D eigenvalue weighted by molar-refractivity contribution is 0.569. The molecular weight excluding hydrogens is 1380 g/mol. The van der Waals surface area contributed by atoms with Gasteiger partial charge in [-0.1, -0.05) is 305 Å². The highest BCUT2D eigenvalue weighted by atomic mass is 15.2. The monoisotopic (exact) mass is 1470 g/mol. The highest BCUT2D eigenvalue weighted by Gasteiger charge is 2.46. The van der Waals surface area contributed by atoms with E-state index in [0.29, 0.717) is 0 Å². The van der Waals surface area contributed by atoms with Crippen molar-refractivity contribution in [1.29, 1.82) is 0 Å². The Balaban J connectivity index is 0.946. The highest BCUT2D eigenvalue weighted by Crippen LogP contribution is 2.55. The molecule has 16 aromatic carbocycles. The summed E-state index contributed by atoms with van der Waals surface area (Å²) < 4.78 is 5.03. The first-order valence-corrected chi connectivity index (χ1v) is 40.2. The van der Waals surface area contributed by atoms with Crippen LogP contribution >= 0.6 is 0 Å². The van der Waals surface area contributed by atoms with E-state index in [2.05, 4.69) is 456 Å². The smallest absolute Gasteiger partial charge is 0.252 e. The van der Waals surface area contributed by atoms with Crippen LogP contribution in [0, 0.1) is 0 Å². The molecule has 0 spiro atoms. The molecule has 2 aliphatic heterocycles. The van der Waals surface area contributed by atoms with E-state index in [0.717, 1.165) is 135 Å². The predicted octanol–water partition coefficient (Wildman–Crippen LogP) is 27.7. The third-order valence-electron chi connectivity index (χ3n) is 23.8. The second-order valence-electron chi connectivity index (χ2n) is 34.2. The average molecular weight is 1470 g/mol. The van der Waals surface area contributed by atoms with Gasteiger partial charge < -0.3 is 23.8 Å². The number of aromatic nitrogens is 2. The molecule has 20 rings (SSSR count). The molecule has 18 aromatic rings. The number of para-hydroxylation sites is 5. The van der Waals surface area contributed by atoms with E-state index in [-0.39, 0.29) is 23.0 Å². The molecule has 4 heterocycles. The zero-order valence-electron chi connectivity index (χ0n) is 66.0. The molecule has 0 fully saturated rings. The summed E-state index contributed by atoms with van der Waals surface area (Å²) in [5.41, 5.74) is 35.0. The molecule has 2 aliphatic rings. The van der Waals surface area contributed by atoms with Crippen molar-refractivity contribution in [1.82, 2.24) is 9.13 Å². The zero-order valence-corrected chi connectivity index (χ0v) is 66.0. The lowest BCUT2D eigenvalue weighted by Gasteiger charge is -2.45. The van der Waals surface area contributed by atoms with E-state index in [1.54, 1.807) is 0 Å². The molecule has 548 valence electrons. The van der Waals surface area contributed by atoms with Crippen LogP contribution in [-0.4, -0.2) is 15.8 Å². The van der Waals surface area contributed by atoms with E-state index in [4.69, 9.17) is 0 Å². The number of nitrogens with zero attached hydrogens (tertiary/aromatic N) is 5. The quantitative estimate of drug-likeness (QED) is 0.114. The summed E-state index contributed by atoms with van der Waals surface area (Å²) in [5, 5.41) is 4.79. The first kappa shape index (κ1) is 69.8. The van der Waals surface area contributed by atoms with Crippen LogP contribution in [0.3, 0.4) is 0 Å². The molecule has 2 aromatic heterocycles. The van der Waals surface area contributed by atoms with Crippen molar-refractivity contribution in [2.45, 2.75) is 78.6 Å². The predicted molar refractivity (Wildman–Crippen MR) is 487 cm³/mol. The highest BCUT2D eigenvalue weighted by molar-refractivity contribution is 7.00. The minimum absolute atomic E-state index is 0.174. The fraction of sp³-hybridized carbons (Fsp3) is 0.111. The summed E-state index contributed by atoms with van der Waals surface area (Å²) in [6.45, 7) is 21.0. The van der Waals surface area contributed by atoms with Crippen molar-refractivity contribution in [3.8, 4) is 67.0 Å². The molecule has 0 amide bonds. The minimum Gasteiger partial charge on any atom is -0.311 e. The Labute approximate surface area is 669 Å². The normalized spacial score (nSPS) is 12.7. The maximum Gasteiger partial charge on any atom is 0.252 e. The minimum atomic E-state index is -0.281. The van der Waals surface area contributed by atoms with Gasteiger partial charge in [0.1, 0.15) is 0 Å². The molecule has 0 N–H and O–H groups in total. The van der Waals surface area contributed by atoms with Gasteiger partial charge in [0, 0.05) is 89.5 Å². The molecule has 114 heavy (non-hydrogen) atoms. The average Bonchev–Trinajstić information content (AvgIpc) is 0.794. The summed E-state index contributed by atoms with van der Waals surface area (Å²) >= 11 is 0. The van der Waals surface area contributed by atoms with Gasteiger partial charge in [-0.25, -0.2) is 0 Å². The van der Waals surface area contributed by atoms with Crippen molar-refractivity contribution < 1.29 is 0 Å². The van der Waals surface area contributed by atoms with Crippen LogP contribution in [0.1, 0.15) is 79.0 Å². The van der Waals surface area contributed by atoms with Crippen LogP contribution in [0.15, 0.2) is 370 Å². The van der Waals surface area contributed by atoms with E-state index >= 15 is 0 Å². The van der Waals surface area contributed by atoms with Crippen molar-refractivity contribution in [2.24, 2.45) is 0 Å². The van der Waals surface area contributed by atoms with Gasteiger partial charge in [0.05, 0.1) is 27.8 Å². The Kier molecular flexibility index (Phi) is 16.7. The molecule has 0 saturated heterocycles. The molecule has 0 aliphatic carbocycles. The summed E-state index contributed by atoms with van der Waals surface area (Å²) in [7, 11) is 0. The lowest BCUT2D eigenvalue weighted by Crippen LogP contribution is -2.61. The van der Waals surface area contributed by atoms with Gasteiger partial charge in [0.2, 0.25) is 0 Å². The number of fused-ring (bicyclic) bond motifs is 10. The Bertz CT molecular complexity index is 6540. The summed E-state index contributed by atoms with van der Waals surface area (Å²) in [6.07, 6.45) is 0. The maximum absolute atomic E-state index is 2.73. The fourth-order valence-electron chi connectivity index (χ4n) is 18.1. The largest absolute Gasteiger partial charge is 0.311 e. The Morgan fingerprint density at radius 3 is 1.04 bits per heavy atom. The molecule has 0 radical (unpaired) electrons. The number of hydrogen-bond donors (Lipinski definition) is 0. The third-order valence-corrected chi connectivity index (χ3v) is 23.8. The van der Waals surface area contributed by atoms with Crippen molar-refractivity contribution in [2.75, 3.05) is 14.7 Å². The van der Waals surface area contributed by atoms with Crippen LogP contribution in [0.5, 0.6) is 0 Å². The van der Waals surface area contributed by atoms with Gasteiger partial charge in [-0.05, 0) is 221 Å². The standard InChI is InChI=1S/C108H88BN5/c1-106(2,3)79-59-77(60-80(65-79)107(4,5)6)78-63-102-104-103(64-78)114(105-91(73-38-20-12-21-39-73)66-81(108(7,8)9)67-92(105)74-40-22-13-23-41-74)101-70-86(111-96-49-31-28-46-88(96)89-47-29-32-50-97(89)111)53-56-95(101)109(104)94-55-52-85(69-100(94)113(102)87-61-75(71-34-16-10-17-35-71)58-76(62-87)72-36-18-11-19-37-72)112-98-51-33-30-48-90(98)93-68-84(54-57-99(93)112)110(82-42-24-14-25-43-82)83-44-26-15-27-45-83/h10-70H,1-9H3. The first-order chi connectivity index (χ1) is 55.4. The fourth-order valence-corrected chi connectivity index (χ4v) is 18.1. The third kappa shape index (κ3) is 11.9. The summed E-state index contributed by atoms with van der Waals surface area (Å²) in [5.74, 6) is 0. The van der Waals surface area contributed by atoms with Gasteiger partial charge in [0.25, 0.3) is 6.71 Å². The lowest BCUT2D eigenvalue weighted by atomic mass is 9.33. The Morgan fingerprint density at radius 1 is 0.237 bits per heavy atom. The maximum atomic E-state index is 2.73. The molecule has 0 bridgehead atoms. The molecular formula is C108H88BN5. The topological polar surface area (TPSA) is 19.6 Å². The zero-order chi connectivity index (χ0) is 77.3. The van der Waals surface area contributed by atoms with E-state index in [1.807, 2.05) is 0 Å². The Morgan fingerprint density at radius 2 is 0.596 bits per heavy atom. The van der Waals surface area contributed by atoms with Crippen molar-refractivity contribution in [3.63, 3.8) is 0 Å².